The SMILES string of the molecule is COc1oc(C/C=C(\C)CC/C=C(/C)C/C(C)=C/Cc2ccccc2)c(C)c(=O)c1OC. The second-order valence-electron chi connectivity index (χ2n) is 8.26. The van der Waals surface area contributed by atoms with Crippen LogP contribution in [0.1, 0.15) is 56.9 Å². The number of rotatable bonds is 11. The second-order valence-corrected chi connectivity index (χ2v) is 8.26. The van der Waals surface area contributed by atoms with Gasteiger partial charge in [0.15, 0.2) is 0 Å². The Morgan fingerprint density at radius 1 is 0.906 bits per heavy atom. The number of hydrogen-bond donors (Lipinski definition) is 0. The lowest BCUT2D eigenvalue weighted by Crippen LogP contribution is -2.12. The summed E-state index contributed by atoms with van der Waals surface area (Å²) in [4.78, 5) is 12.4. The second kappa shape index (κ2) is 12.7. The molecule has 0 N–H and O–H groups in total. The zero-order valence-electron chi connectivity index (χ0n) is 20.3. The Kier molecular flexibility index (Phi) is 10.1. The first-order valence-electron chi connectivity index (χ1n) is 11.1. The van der Waals surface area contributed by atoms with Crippen molar-refractivity contribution >= 4 is 0 Å². The molecular formula is C28H36O4. The van der Waals surface area contributed by atoms with Crippen LogP contribution in [0.4, 0.5) is 0 Å². The highest BCUT2D eigenvalue weighted by Gasteiger charge is 2.17. The van der Waals surface area contributed by atoms with Crippen molar-refractivity contribution in [1.29, 1.82) is 0 Å². The average molecular weight is 437 g/mol. The molecule has 0 aliphatic heterocycles. The Hall–Kier alpha value is -3.01. The summed E-state index contributed by atoms with van der Waals surface area (Å²) in [7, 11) is 2.91. The molecule has 0 aliphatic rings. The van der Waals surface area contributed by atoms with Crippen molar-refractivity contribution in [2.45, 2.75) is 59.8 Å². The molecule has 0 radical (unpaired) electrons. The number of ether oxygens (including phenoxy) is 2. The van der Waals surface area contributed by atoms with Crippen molar-refractivity contribution in [2.75, 3.05) is 14.2 Å². The van der Waals surface area contributed by atoms with Gasteiger partial charge in [-0.15, -0.1) is 0 Å². The third-order valence-corrected chi connectivity index (χ3v) is 5.51. The van der Waals surface area contributed by atoms with Gasteiger partial charge >= 0.3 is 5.95 Å². The van der Waals surface area contributed by atoms with Gasteiger partial charge in [0.2, 0.25) is 11.2 Å². The molecule has 0 fully saturated rings. The van der Waals surface area contributed by atoms with E-state index < -0.39 is 0 Å². The molecule has 0 aliphatic carbocycles. The zero-order valence-corrected chi connectivity index (χ0v) is 20.3. The lowest BCUT2D eigenvalue weighted by Gasteiger charge is -2.09. The maximum Gasteiger partial charge on any atom is 0.332 e. The molecule has 32 heavy (non-hydrogen) atoms. The molecule has 0 unspecified atom stereocenters. The van der Waals surface area contributed by atoms with E-state index in [9.17, 15) is 4.79 Å². The summed E-state index contributed by atoms with van der Waals surface area (Å²) >= 11 is 0. The summed E-state index contributed by atoms with van der Waals surface area (Å²) < 4.78 is 16.0. The van der Waals surface area contributed by atoms with Crippen LogP contribution in [0.3, 0.4) is 0 Å². The van der Waals surface area contributed by atoms with Crippen molar-refractivity contribution in [3.63, 3.8) is 0 Å². The smallest absolute Gasteiger partial charge is 0.332 e. The van der Waals surface area contributed by atoms with Crippen LogP contribution in [-0.2, 0) is 12.8 Å². The minimum atomic E-state index is -0.189. The van der Waals surface area contributed by atoms with Gasteiger partial charge in [0.05, 0.1) is 14.2 Å². The maximum atomic E-state index is 12.4. The fourth-order valence-electron chi connectivity index (χ4n) is 3.54. The molecule has 4 nitrogen and oxygen atoms in total. The highest BCUT2D eigenvalue weighted by molar-refractivity contribution is 5.36. The van der Waals surface area contributed by atoms with Gasteiger partial charge < -0.3 is 13.9 Å². The largest absolute Gasteiger partial charge is 0.487 e. The summed E-state index contributed by atoms with van der Waals surface area (Å²) in [5.41, 5.74) is 5.76. The van der Waals surface area contributed by atoms with Crippen LogP contribution in [0.15, 0.2) is 74.5 Å². The van der Waals surface area contributed by atoms with E-state index in [2.05, 4.69) is 63.3 Å². The van der Waals surface area contributed by atoms with Crippen molar-refractivity contribution in [3.8, 4) is 11.7 Å². The molecule has 2 aromatic rings. The monoisotopic (exact) mass is 436 g/mol. The molecule has 172 valence electrons. The first-order valence-corrected chi connectivity index (χ1v) is 11.1. The van der Waals surface area contributed by atoms with Gasteiger partial charge in [0.25, 0.3) is 0 Å². The summed E-state index contributed by atoms with van der Waals surface area (Å²) in [6.07, 6.45) is 11.3. The van der Waals surface area contributed by atoms with Crippen molar-refractivity contribution < 1.29 is 13.9 Å². The molecule has 4 heteroatoms. The van der Waals surface area contributed by atoms with Crippen LogP contribution in [0, 0.1) is 6.92 Å². The van der Waals surface area contributed by atoms with E-state index >= 15 is 0 Å². The van der Waals surface area contributed by atoms with Crippen LogP contribution >= 0.6 is 0 Å². The van der Waals surface area contributed by atoms with Crippen LogP contribution in [0.2, 0.25) is 0 Å². The molecule has 0 spiro atoms. The summed E-state index contributed by atoms with van der Waals surface area (Å²) in [5.74, 6) is 0.847. The number of benzene rings is 1. The predicted molar refractivity (Wildman–Crippen MR) is 132 cm³/mol. The van der Waals surface area contributed by atoms with E-state index in [0.29, 0.717) is 17.7 Å². The molecule has 2 rings (SSSR count). The van der Waals surface area contributed by atoms with E-state index in [-0.39, 0.29) is 17.1 Å². The highest BCUT2D eigenvalue weighted by Crippen LogP contribution is 2.26. The molecule has 1 aromatic heterocycles. The van der Waals surface area contributed by atoms with E-state index in [4.69, 9.17) is 13.9 Å². The van der Waals surface area contributed by atoms with Gasteiger partial charge in [-0.25, -0.2) is 0 Å². The maximum absolute atomic E-state index is 12.4. The van der Waals surface area contributed by atoms with Crippen LogP contribution in [-0.4, -0.2) is 14.2 Å². The molecular weight excluding hydrogens is 400 g/mol. The van der Waals surface area contributed by atoms with Gasteiger partial charge in [-0.05, 0) is 58.9 Å². The molecule has 1 heterocycles. The Bertz CT molecular complexity index is 1020. The summed E-state index contributed by atoms with van der Waals surface area (Å²) in [5, 5.41) is 0. The Labute approximate surface area is 192 Å². The van der Waals surface area contributed by atoms with E-state index in [1.807, 2.05) is 6.07 Å². The number of methoxy groups -OCH3 is 2. The third-order valence-electron chi connectivity index (χ3n) is 5.51. The quantitative estimate of drug-likeness (QED) is 0.365. The van der Waals surface area contributed by atoms with Gasteiger partial charge in [0, 0.05) is 12.0 Å². The van der Waals surface area contributed by atoms with Crippen LogP contribution in [0.25, 0.3) is 0 Å². The topological polar surface area (TPSA) is 48.7 Å². The average Bonchev–Trinajstić information content (AvgIpc) is 2.79. The fraction of sp³-hybridized carbons (Fsp3) is 0.393. The Balaban J connectivity index is 1.89. The lowest BCUT2D eigenvalue weighted by molar-refractivity contribution is 0.254. The number of hydrogen-bond acceptors (Lipinski definition) is 4. The van der Waals surface area contributed by atoms with Crippen LogP contribution in [0.5, 0.6) is 11.7 Å². The summed E-state index contributed by atoms with van der Waals surface area (Å²) in [6, 6.07) is 10.5. The van der Waals surface area contributed by atoms with Gasteiger partial charge in [-0.2, -0.15) is 0 Å². The standard InChI is InChI=1S/C28H36O4/c1-20(16-18-25-23(4)26(29)27(30-5)28(31-6)32-25)11-10-12-21(2)19-22(3)15-17-24-13-8-7-9-14-24/h7-9,12-16H,10-11,17-19H2,1-6H3/b20-16+,21-12-,22-15+. The fourth-order valence-corrected chi connectivity index (χ4v) is 3.54. The van der Waals surface area contributed by atoms with Crippen molar-refractivity contribution in [1.82, 2.24) is 0 Å². The Morgan fingerprint density at radius 2 is 1.56 bits per heavy atom. The van der Waals surface area contributed by atoms with Crippen molar-refractivity contribution in [3.05, 3.63) is 92.4 Å². The Morgan fingerprint density at radius 3 is 2.22 bits per heavy atom. The molecule has 0 saturated heterocycles. The molecule has 0 bridgehead atoms. The predicted octanol–water partition coefficient (Wildman–Crippen LogP) is 6.76. The first kappa shape index (κ1) is 25.3. The van der Waals surface area contributed by atoms with Crippen LogP contribution < -0.4 is 14.9 Å². The van der Waals surface area contributed by atoms with Crippen molar-refractivity contribution in [2.24, 2.45) is 0 Å². The molecule has 0 saturated carbocycles. The third kappa shape index (κ3) is 7.60. The lowest BCUT2D eigenvalue weighted by atomic mass is 10.0. The molecule has 1 aromatic carbocycles. The van der Waals surface area contributed by atoms with E-state index in [0.717, 1.165) is 25.7 Å². The molecule has 0 amide bonds. The summed E-state index contributed by atoms with van der Waals surface area (Å²) in [6.45, 7) is 8.26. The minimum Gasteiger partial charge on any atom is -0.487 e. The van der Waals surface area contributed by atoms with Gasteiger partial charge in [-0.3, -0.25) is 4.79 Å². The molecule has 0 atom stereocenters. The van der Waals surface area contributed by atoms with E-state index in [1.165, 1.54) is 36.5 Å². The van der Waals surface area contributed by atoms with Gasteiger partial charge in [-0.1, -0.05) is 65.3 Å². The zero-order chi connectivity index (χ0) is 23.5. The van der Waals surface area contributed by atoms with E-state index in [1.54, 1.807) is 6.92 Å². The minimum absolute atomic E-state index is 0.114. The first-order chi connectivity index (χ1) is 15.3. The van der Waals surface area contributed by atoms with Gasteiger partial charge in [0.1, 0.15) is 5.76 Å². The normalized spacial score (nSPS) is 12.8. The highest BCUT2D eigenvalue weighted by atomic mass is 16.6. The number of allylic oxidation sites excluding steroid dienone is 6.